The second kappa shape index (κ2) is 8.08. The zero-order chi connectivity index (χ0) is 17.9. The summed E-state index contributed by atoms with van der Waals surface area (Å²) in [7, 11) is 0. The van der Waals surface area contributed by atoms with E-state index in [2.05, 4.69) is 5.32 Å². The molecule has 2 saturated heterocycles. The summed E-state index contributed by atoms with van der Waals surface area (Å²) in [6, 6.07) is 5.82. The molecule has 1 N–H and O–H groups in total. The number of ether oxygens (including phenoxy) is 2. The predicted molar refractivity (Wildman–Crippen MR) is 102 cm³/mol. The third-order valence-electron chi connectivity index (χ3n) is 4.86. The predicted octanol–water partition coefficient (Wildman–Crippen LogP) is 3.25. The van der Waals surface area contributed by atoms with Crippen LogP contribution in [0.5, 0.6) is 0 Å². The summed E-state index contributed by atoms with van der Waals surface area (Å²) in [4.78, 5) is 19.0. The number of halogens is 1. The van der Waals surface area contributed by atoms with Crippen LogP contribution >= 0.6 is 22.9 Å². The van der Waals surface area contributed by atoms with E-state index in [-0.39, 0.29) is 12.1 Å². The Bertz CT molecular complexity index is 770. The van der Waals surface area contributed by atoms with Gasteiger partial charge in [-0.05, 0) is 31.0 Å². The average molecular weight is 396 g/mol. The van der Waals surface area contributed by atoms with E-state index < -0.39 is 0 Å². The number of piperidine rings is 1. The van der Waals surface area contributed by atoms with E-state index in [0.29, 0.717) is 37.3 Å². The first-order valence-electron chi connectivity index (χ1n) is 8.97. The average Bonchev–Trinajstić information content (AvgIpc) is 3.10. The van der Waals surface area contributed by atoms with Crippen molar-refractivity contribution in [2.45, 2.75) is 24.9 Å². The first-order chi connectivity index (χ1) is 12.7. The molecule has 0 radical (unpaired) electrons. The summed E-state index contributed by atoms with van der Waals surface area (Å²) in [5.74, 6) is 0.408. The first kappa shape index (κ1) is 18.0. The molecule has 1 aromatic carbocycles. The molecule has 2 fully saturated rings. The maximum atomic E-state index is 12.4. The van der Waals surface area contributed by atoms with E-state index in [0.717, 1.165) is 36.5 Å². The number of aromatic nitrogens is 1. The number of carbonyl (C=O) groups is 1. The molecule has 1 aromatic heterocycles. The number of thiazole rings is 1. The summed E-state index contributed by atoms with van der Waals surface area (Å²) in [6.45, 7) is 3.76. The Hall–Kier alpha value is -1.41. The Morgan fingerprint density at radius 2 is 2.19 bits per heavy atom. The van der Waals surface area contributed by atoms with E-state index >= 15 is 0 Å². The Morgan fingerprint density at radius 1 is 1.35 bits per heavy atom. The second-order valence-corrected chi connectivity index (χ2v) is 8.18. The van der Waals surface area contributed by atoms with Crippen molar-refractivity contribution >= 4 is 39.2 Å². The number of hydrogen-bond donors (Lipinski definition) is 1. The van der Waals surface area contributed by atoms with Crippen LogP contribution in [0.1, 0.15) is 23.8 Å². The number of carbonyl (C=O) groups excluding carboxylic acids is 1. The van der Waals surface area contributed by atoms with Gasteiger partial charge in [0.15, 0.2) is 0 Å². The standard InChI is InChI=1S/C18H22ClN3O3S/c19-13-1-2-16-15(9-13)21-17(26-16)12-3-5-22(6-4-12)18(23)20-10-14-11-24-7-8-25-14/h1-2,9,12,14H,3-8,10-11H2,(H,20,23). The second-order valence-electron chi connectivity index (χ2n) is 6.68. The Morgan fingerprint density at radius 3 is 2.96 bits per heavy atom. The third kappa shape index (κ3) is 4.11. The van der Waals surface area contributed by atoms with Crippen molar-refractivity contribution < 1.29 is 14.3 Å². The van der Waals surface area contributed by atoms with Gasteiger partial charge in [0.1, 0.15) is 0 Å². The van der Waals surface area contributed by atoms with Crippen LogP contribution in [-0.4, -0.2) is 61.5 Å². The number of amides is 2. The molecule has 1 atom stereocenters. The Kier molecular flexibility index (Phi) is 5.59. The summed E-state index contributed by atoms with van der Waals surface area (Å²) in [5.41, 5.74) is 0.965. The number of benzene rings is 1. The van der Waals surface area contributed by atoms with Crippen LogP contribution < -0.4 is 5.32 Å². The summed E-state index contributed by atoms with van der Waals surface area (Å²) in [6.07, 6.45) is 1.83. The molecule has 140 valence electrons. The van der Waals surface area contributed by atoms with E-state index in [4.69, 9.17) is 26.1 Å². The number of hydrogen-bond acceptors (Lipinski definition) is 5. The molecule has 1 unspecified atom stereocenters. The van der Waals surface area contributed by atoms with Crippen molar-refractivity contribution in [1.82, 2.24) is 15.2 Å². The van der Waals surface area contributed by atoms with Gasteiger partial charge < -0.3 is 19.7 Å². The summed E-state index contributed by atoms with van der Waals surface area (Å²) in [5, 5.41) is 4.82. The van der Waals surface area contributed by atoms with Gasteiger partial charge in [-0.2, -0.15) is 0 Å². The van der Waals surface area contributed by atoms with Crippen LogP contribution in [0.15, 0.2) is 18.2 Å². The lowest BCUT2D eigenvalue weighted by Crippen LogP contribution is -2.47. The molecular weight excluding hydrogens is 374 g/mol. The van der Waals surface area contributed by atoms with Gasteiger partial charge in [0.2, 0.25) is 0 Å². The molecule has 2 amide bonds. The van der Waals surface area contributed by atoms with E-state index in [1.54, 1.807) is 11.3 Å². The number of fused-ring (bicyclic) bond motifs is 1. The first-order valence-corrected chi connectivity index (χ1v) is 10.2. The lowest BCUT2D eigenvalue weighted by atomic mass is 9.98. The molecule has 2 aromatic rings. The van der Waals surface area contributed by atoms with Crippen molar-refractivity contribution in [3.8, 4) is 0 Å². The van der Waals surface area contributed by atoms with Gasteiger partial charge in [-0.25, -0.2) is 9.78 Å². The number of rotatable bonds is 3. The largest absolute Gasteiger partial charge is 0.376 e. The molecular formula is C18H22ClN3O3S. The molecule has 0 saturated carbocycles. The minimum absolute atomic E-state index is 0.0197. The SMILES string of the molecule is O=C(NCC1COCCO1)N1CCC(c2nc3cc(Cl)ccc3s2)CC1. The number of likely N-dealkylation sites (tertiary alicyclic amines) is 1. The number of nitrogens with zero attached hydrogens (tertiary/aromatic N) is 2. The molecule has 8 heteroatoms. The highest BCUT2D eigenvalue weighted by Gasteiger charge is 2.26. The lowest BCUT2D eigenvalue weighted by molar-refractivity contribution is -0.0856. The fourth-order valence-electron chi connectivity index (χ4n) is 3.39. The monoisotopic (exact) mass is 395 g/mol. The van der Waals surface area contributed by atoms with Crippen LogP contribution in [0.3, 0.4) is 0 Å². The number of urea groups is 1. The minimum Gasteiger partial charge on any atom is -0.376 e. The molecule has 0 aliphatic carbocycles. The van der Waals surface area contributed by atoms with E-state index in [1.165, 1.54) is 4.70 Å². The van der Waals surface area contributed by atoms with Gasteiger partial charge in [0.05, 0.1) is 41.1 Å². The van der Waals surface area contributed by atoms with Gasteiger partial charge in [0.25, 0.3) is 0 Å². The highest BCUT2D eigenvalue weighted by Crippen LogP contribution is 2.34. The van der Waals surface area contributed by atoms with Crippen LogP contribution in [0.25, 0.3) is 10.2 Å². The topological polar surface area (TPSA) is 63.7 Å². The van der Waals surface area contributed by atoms with Crippen LogP contribution in [-0.2, 0) is 9.47 Å². The van der Waals surface area contributed by atoms with E-state index in [9.17, 15) is 4.79 Å². The fourth-order valence-corrected chi connectivity index (χ4v) is 4.67. The Balaban J connectivity index is 1.29. The molecule has 2 aliphatic rings. The molecule has 3 heterocycles. The molecule has 0 bridgehead atoms. The third-order valence-corrected chi connectivity index (χ3v) is 6.30. The lowest BCUT2D eigenvalue weighted by Gasteiger charge is -2.32. The zero-order valence-electron chi connectivity index (χ0n) is 14.4. The highest BCUT2D eigenvalue weighted by molar-refractivity contribution is 7.18. The molecule has 6 nitrogen and oxygen atoms in total. The van der Waals surface area contributed by atoms with Crippen molar-refractivity contribution in [2.24, 2.45) is 0 Å². The Labute approximate surface area is 161 Å². The van der Waals surface area contributed by atoms with Crippen molar-refractivity contribution in [2.75, 3.05) is 39.5 Å². The van der Waals surface area contributed by atoms with Gasteiger partial charge in [-0.15, -0.1) is 11.3 Å². The molecule has 0 spiro atoms. The highest BCUT2D eigenvalue weighted by atomic mass is 35.5. The van der Waals surface area contributed by atoms with Gasteiger partial charge in [0, 0.05) is 30.6 Å². The summed E-state index contributed by atoms with van der Waals surface area (Å²) >= 11 is 7.78. The van der Waals surface area contributed by atoms with Crippen LogP contribution in [0.2, 0.25) is 5.02 Å². The van der Waals surface area contributed by atoms with Crippen LogP contribution in [0, 0.1) is 0 Å². The summed E-state index contributed by atoms with van der Waals surface area (Å²) < 4.78 is 12.1. The molecule has 26 heavy (non-hydrogen) atoms. The van der Waals surface area contributed by atoms with E-state index in [1.807, 2.05) is 23.1 Å². The van der Waals surface area contributed by atoms with Gasteiger partial charge in [-0.3, -0.25) is 0 Å². The van der Waals surface area contributed by atoms with Crippen LogP contribution in [0.4, 0.5) is 4.79 Å². The smallest absolute Gasteiger partial charge is 0.317 e. The van der Waals surface area contributed by atoms with Gasteiger partial charge >= 0.3 is 6.03 Å². The fraction of sp³-hybridized carbons (Fsp3) is 0.556. The molecule has 2 aliphatic heterocycles. The number of nitrogens with one attached hydrogen (secondary N) is 1. The minimum atomic E-state index is -0.0418. The van der Waals surface area contributed by atoms with Crippen molar-refractivity contribution in [1.29, 1.82) is 0 Å². The maximum absolute atomic E-state index is 12.4. The quantitative estimate of drug-likeness (QED) is 0.866. The van der Waals surface area contributed by atoms with Crippen molar-refractivity contribution in [3.63, 3.8) is 0 Å². The normalized spacial score (nSPS) is 21.9. The maximum Gasteiger partial charge on any atom is 0.317 e. The van der Waals surface area contributed by atoms with Gasteiger partial charge in [-0.1, -0.05) is 11.6 Å². The zero-order valence-corrected chi connectivity index (χ0v) is 16.0. The van der Waals surface area contributed by atoms with Crippen molar-refractivity contribution in [3.05, 3.63) is 28.2 Å². The molecule has 4 rings (SSSR count).